The Bertz CT molecular complexity index is 406. The van der Waals surface area contributed by atoms with Crippen LogP contribution in [0.2, 0.25) is 0 Å². The Kier molecular flexibility index (Phi) is 3.58. The van der Waals surface area contributed by atoms with Crippen LogP contribution in [0.1, 0.15) is 33.6 Å². The summed E-state index contributed by atoms with van der Waals surface area (Å²) in [7, 11) is 0. The van der Waals surface area contributed by atoms with Crippen molar-refractivity contribution in [3.8, 4) is 0 Å². The van der Waals surface area contributed by atoms with Crippen LogP contribution in [0.3, 0.4) is 0 Å². The molecule has 0 aromatic heterocycles. The van der Waals surface area contributed by atoms with E-state index in [0.29, 0.717) is 0 Å². The zero-order chi connectivity index (χ0) is 13.1. The third kappa shape index (κ3) is 2.85. The molecule has 0 aromatic rings. The molecule has 17 heavy (non-hydrogen) atoms. The number of nitrogens with zero attached hydrogens (tertiary/aromatic N) is 3. The average molecular weight is 237 g/mol. The minimum absolute atomic E-state index is 0.222. The van der Waals surface area contributed by atoms with Gasteiger partial charge in [-0.1, -0.05) is 12.2 Å². The lowest BCUT2D eigenvalue weighted by Gasteiger charge is -2.28. The van der Waals surface area contributed by atoms with Crippen LogP contribution in [0.5, 0.6) is 0 Å². The third-order valence-corrected chi connectivity index (χ3v) is 2.43. The van der Waals surface area contributed by atoms with Gasteiger partial charge in [0.25, 0.3) is 0 Å². The van der Waals surface area contributed by atoms with Gasteiger partial charge in [-0.15, -0.1) is 0 Å². The van der Waals surface area contributed by atoms with E-state index >= 15 is 0 Å². The topological polar surface area (TPSA) is 92.1 Å². The minimum atomic E-state index is -1.36. The van der Waals surface area contributed by atoms with Gasteiger partial charge in [0.1, 0.15) is 11.0 Å². The summed E-state index contributed by atoms with van der Waals surface area (Å²) in [6.45, 7) is 5.16. The number of azide groups is 1. The maximum atomic E-state index is 12.0. The number of carbonyl (C=O) groups excluding carboxylic acids is 2. The molecule has 1 aliphatic rings. The van der Waals surface area contributed by atoms with Crippen molar-refractivity contribution in [2.45, 2.75) is 39.2 Å². The quantitative estimate of drug-likeness (QED) is 0.184. The number of carbonyl (C=O) groups is 2. The molecule has 1 aliphatic carbocycles. The molecule has 1 amide bonds. The van der Waals surface area contributed by atoms with Crippen molar-refractivity contribution in [1.82, 2.24) is 0 Å². The molecule has 0 spiro atoms. The molecule has 6 heteroatoms. The number of esters is 1. The van der Waals surface area contributed by atoms with E-state index < -0.39 is 22.9 Å². The van der Waals surface area contributed by atoms with E-state index in [-0.39, 0.29) is 12.8 Å². The predicted octanol–water partition coefficient (Wildman–Crippen LogP) is 2.50. The molecule has 0 N–H and O–H groups in total. The maximum absolute atomic E-state index is 12.0. The molecule has 0 fully saturated rings. The SMILES string of the molecule is CC(C)(C)OC(=O)C1(C(=O)N=[N+]=[N-])CC=CC1. The Morgan fingerprint density at radius 2 is 1.88 bits per heavy atom. The molecule has 0 heterocycles. The molecule has 0 aromatic carbocycles. The molecule has 0 aliphatic heterocycles. The van der Waals surface area contributed by atoms with Gasteiger partial charge >= 0.3 is 5.97 Å². The van der Waals surface area contributed by atoms with Gasteiger partial charge in [0, 0.05) is 4.91 Å². The fourth-order valence-electron chi connectivity index (χ4n) is 1.59. The first-order valence-corrected chi connectivity index (χ1v) is 5.30. The smallest absolute Gasteiger partial charge is 0.321 e. The van der Waals surface area contributed by atoms with Gasteiger partial charge < -0.3 is 4.74 Å². The van der Waals surface area contributed by atoms with E-state index in [1.807, 2.05) is 0 Å². The summed E-state index contributed by atoms with van der Waals surface area (Å²) < 4.78 is 5.21. The van der Waals surface area contributed by atoms with E-state index in [9.17, 15) is 9.59 Å². The molecule has 0 radical (unpaired) electrons. The second-order valence-electron chi connectivity index (χ2n) is 4.96. The molecular formula is C11H15N3O3. The van der Waals surface area contributed by atoms with Gasteiger partial charge in [-0.25, -0.2) is 0 Å². The van der Waals surface area contributed by atoms with Crippen molar-refractivity contribution >= 4 is 11.9 Å². The number of ether oxygens (including phenoxy) is 1. The van der Waals surface area contributed by atoms with Gasteiger partial charge in [0.05, 0.1) is 0 Å². The largest absolute Gasteiger partial charge is 0.459 e. The van der Waals surface area contributed by atoms with Crippen molar-refractivity contribution in [2.75, 3.05) is 0 Å². The summed E-state index contributed by atoms with van der Waals surface area (Å²) in [4.78, 5) is 26.2. The summed E-state index contributed by atoms with van der Waals surface area (Å²) in [5, 5.41) is 3.03. The molecule has 0 unspecified atom stereocenters. The first kappa shape index (κ1) is 13.3. The first-order valence-electron chi connectivity index (χ1n) is 5.30. The van der Waals surface area contributed by atoms with Crippen LogP contribution in [-0.4, -0.2) is 17.5 Å². The van der Waals surface area contributed by atoms with Crippen LogP contribution in [-0.2, 0) is 14.3 Å². The highest BCUT2D eigenvalue weighted by Gasteiger charge is 2.48. The normalized spacial score (nSPS) is 17.4. The molecule has 0 bridgehead atoms. The standard InChI is InChI=1S/C11H15N3O3/c1-10(2,3)17-9(16)11(6-4-5-7-11)8(15)13-14-12/h4-5H,6-7H2,1-3H3. The molecule has 0 saturated heterocycles. The molecular weight excluding hydrogens is 222 g/mol. The van der Waals surface area contributed by atoms with Gasteiger partial charge in [-0.3, -0.25) is 9.59 Å². The zero-order valence-electron chi connectivity index (χ0n) is 10.1. The van der Waals surface area contributed by atoms with Crippen LogP contribution < -0.4 is 0 Å². The highest BCUT2D eigenvalue weighted by Crippen LogP contribution is 2.37. The summed E-state index contributed by atoms with van der Waals surface area (Å²) in [5.41, 5.74) is 6.25. The lowest BCUT2D eigenvalue weighted by Crippen LogP contribution is -2.41. The maximum Gasteiger partial charge on any atom is 0.321 e. The van der Waals surface area contributed by atoms with Crippen LogP contribution in [0.4, 0.5) is 0 Å². The zero-order valence-corrected chi connectivity index (χ0v) is 10.1. The van der Waals surface area contributed by atoms with E-state index in [4.69, 9.17) is 10.3 Å². The Labute approximate surface area is 99.3 Å². The number of allylic oxidation sites excluding steroid dienone is 2. The Morgan fingerprint density at radius 1 is 1.35 bits per heavy atom. The monoisotopic (exact) mass is 237 g/mol. The minimum Gasteiger partial charge on any atom is -0.459 e. The second-order valence-corrected chi connectivity index (χ2v) is 4.96. The van der Waals surface area contributed by atoms with Gasteiger partial charge in [0.2, 0.25) is 5.91 Å². The average Bonchev–Trinajstić information content (AvgIpc) is 2.64. The van der Waals surface area contributed by atoms with Crippen molar-refractivity contribution in [1.29, 1.82) is 0 Å². The lowest BCUT2D eigenvalue weighted by atomic mass is 9.84. The van der Waals surface area contributed by atoms with Crippen molar-refractivity contribution in [2.24, 2.45) is 10.5 Å². The van der Waals surface area contributed by atoms with Crippen molar-refractivity contribution < 1.29 is 14.3 Å². The van der Waals surface area contributed by atoms with E-state index in [1.165, 1.54) is 0 Å². The molecule has 92 valence electrons. The van der Waals surface area contributed by atoms with Gasteiger partial charge in [-0.2, -0.15) is 0 Å². The van der Waals surface area contributed by atoms with E-state index in [1.54, 1.807) is 32.9 Å². The van der Waals surface area contributed by atoms with Crippen molar-refractivity contribution in [3.63, 3.8) is 0 Å². The summed E-state index contributed by atoms with van der Waals surface area (Å²) in [5.74, 6) is -1.41. The number of hydrogen-bond donors (Lipinski definition) is 0. The van der Waals surface area contributed by atoms with Gasteiger partial charge in [-0.05, 0) is 44.3 Å². The summed E-state index contributed by atoms with van der Waals surface area (Å²) >= 11 is 0. The van der Waals surface area contributed by atoms with Crippen LogP contribution >= 0.6 is 0 Å². The third-order valence-electron chi connectivity index (χ3n) is 2.43. The van der Waals surface area contributed by atoms with Crippen LogP contribution in [0.25, 0.3) is 10.4 Å². The highest BCUT2D eigenvalue weighted by atomic mass is 16.6. The highest BCUT2D eigenvalue weighted by molar-refractivity contribution is 6.04. The number of hydrogen-bond acceptors (Lipinski definition) is 3. The van der Waals surface area contributed by atoms with E-state index in [2.05, 4.69) is 10.0 Å². The van der Waals surface area contributed by atoms with Crippen LogP contribution in [0.15, 0.2) is 17.3 Å². The molecule has 0 saturated carbocycles. The van der Waals surface area contributed by atoms with E-state index in [0.717, 1.165) is 0 Å². The number of amides is 1. The molecule has 0 atom stereocenters. The Hall–Kier alpha value is -1.81. The predicted molar refractivity (Wildman–Crippen MR) is 60.8 cm³/mol. The summed E-state index contributed by atoms with van der Waals surface area (Å²) in [6.07, 6.45) is 3.88. The van der Waals surface area contributed by atoms with Crippen molar-refractivity contribution in [3.05, 3.63) is 22.6 Å². The van der Waals surface area contributed by atoms with Gasteiger partial charge in [0.15, 0.2) is 0 Å². The fourth-order valence-corrected chi connectivity index (χ4v) is 1.59. The Morgan fingerprint density at radius 3 is 2.29 bits per heavy atom. The molecule has 1 rings (SSSR count). The van der Waals surface area contributed by atoms with Crippen LogP contribution in [0, 0.1) is 5.41 Å². The molecule has 6 nitrogen and oxygen atoms in total. The number of rotatable bonds is 2. The summed E-state index contributed by atoms with van der Waals surface area (Å²) in [6, 6.07) is 0. The Balaban J connectivity index is 2.97. The fraction of sp³-hybridized carbons (Fsp3) is 0.636. The lowest BCUT2D eigenvalue weighted by molar-refractivity contribution is -0.169. The first-order chi connectivity index (χ1) is 7.82. The second kappa shape index (κ2) is 4.59.